The fourth-order valence-corrected chi connectivity index (χ4v) is 1.55. The van der Waals surface area contributed by atoms with Crippen molar-refractivity contribution in [2.75, 3.05) is 6.61 Å². The molecule has 4 N–H and O–H groups in total. The van der Waals surface area contributed by atoms with Crippen molar-refractivity contribution in [1.29, 1.82) is 0 Å². The zero-order chi connectivity index (χ0) is 15.0. The van der Waals surface area contributed by atoms with Gasteiger partial charge in [-0.05, 0) is 5.44 Å². The molecule has 14 heteroatoms. The largest absolute Gasteiger partial charge is 0.792 e. The quantitative estimate of drug-likeness (QED) is 0.145. The van der Waals surface area contributed by atoms with E-state index in [2.05, 4.69) is 34.9 Å². The maximum Gasteiger partial charge on any atom is 0.492 e. The molecular formula is C10H12Ac4AuN2O5S2-2. The van der Waals surface area contributed by atoms with Crippen molar-refractivity contribution < 1.29 is 224 Å². The molecule has 5 atom stereocenters. The normalized spacial score (nSPS) is 26.2. The molecule has 129 valence electrons. The molecule has 0 aromatic rings. The first-order valence-corrected chi connectivity index (χ1v) is 5.90. The van der Waals surface area contributed by atoms with E-state index in [9.17, 15) is 5.11 Å². The number of aliphatic hydroxyl groups excluding tert-OH is 4. The maximum absolute atomic E-state index is 9.18. The molecule has 0 aliphatic carbocycles. The van der Waals surface area contributed by atoms with Crippen LogP contribution in [0.4, 0.5) is 0 Å². The van der Waals surface area contributed by atoms with E-state index in [1.54, 1.807) is 0 Å². The second-order valence-corrected chi connectivity index (χ2v) is 4.10. The van der Waals surface area contributed by atoms with Gasteiger partial charge in [0.15, 0.2) is 0 Å². The Bertz CT molecular complexity index is 393. The van der Waals surface area contributed by atoms with Gasteiger partial charge in [0.05, 0.1) is 12.7 Å². The summed E-state index contributed by atoms with van der Waals surface area (Å²) in [4.78, 5) is 5.56. The molecule has 1 rings (SSSR count). The van der Waals surface area contributed by atoms with E-state index in [0.717, 1.165) is 5.41 Å². The van der Waals surface area contributed by atoms with Gasteiger partial charge in [-0.2, -0.15) is 9.69 Å². The summed E-state index contributed by atoms with van der Waals surface area (Å²) in [5.41, 5.74) is -0.986. The third-order valence-electron chi connectivity index (χ3n) is 2.18. The van der Waals surface area contributed by atoms with Gasteiger partial charge in [-0.15, -0.1) is 5.41 Å². The molecule has 0 amide bonds. The van der Waals surface area contributed by atoms with Crippen molar-refractivity contribution in [1.82, 2.24) is 0 Å². The van der Waals surface area contributed by atoms with Crippen LogP contribution >= 0.6 is 0 Å². The Labute approximate surface area is 311 Å². The average molecular weight is 1410 g/mol. The van der Waals surface area contributed by atoms with Crippen molar-refractivity contribution in [3.63, 3.8) is 0 Å². The summed E-state index contributed by atoms with van der Waals surface area (Å²) in [5.74, 6) is -0.0463. The van der Waals surface area contributed by atoms with Gasteiger partial charge >= 0.3 is 5.82 Å². The van der Waals surface area contributed by atoms with Gasteiger partial charge in [0.25, 0.3) is 0 Å². The summed E-state index contributed by atoms with van der Waals surface area (Å²) in [6, 6.07) is 0. The predicted octanol–water partition coefficient (Wildman–Crippen LogP) is -1.50. The second kappa shape index (κ2) is 26.6. The van der Waals surface area contributed by atoms with Gasteiger partial charge in [0.1, 0.15) is 31.5 Å². The van der Waals surface area contributed by atoms with E-state index in [0.29, 0.717) is 0 Å². The van der Waals surface area contributed by atoms with Gasteiger partial charge in [-0.3, -0.25) is 0 Å². The van der Waals surface area contributed by atoms with E-state index in [1.165, 1.54) is 0 Å². The maximum atomic E-state index is 9.18. The van der Waals surface area contributed by atoms with Crippen LogP contribution in [0, 0.1) is 189 Å². The second-order valence-electron chi connectivity index (χ2n) is 3.40. The Morgan fingerprint density at radius 1 is 1.00 bits per heavy atom. The number of hydrogen-bond acceptors (Lipinski definition) is 7. The molecule has 0 spiro atoms. The number of hydrogen-bond donors (Lipinski definition) is 4. The van der Waals surface area contributed by atoms with E-state index < -0.39 is 36.5 Å². The smallest absolute Gasteiger partial charge is 0.492 e. The van der Waals surface area contributed by atoms with Crippen LogP contribution in [0.2, 0.25) is 0 Å². The molecule has 5 radical (unpaired) electrons. The molecule has 0 aromatic heterocycles. The number of ether oxygens (including phenoxy) is 1. The van der Waals surface area contributed by atoms with Crippen molar-refractivity contribution in [3.8, 4) is 0 Å². The summed E-state index contributed by atoms with van der Waals surface area (Å²) in [7, 11) is 0. The van der Waals surface area contributed by atoms with Crippen LogP contribution in [0.25, 0.3) is 9.69 Å². The van der Waals surface area contributed by atoms with Gasteiger partial charge in [-0.1, -0.05) is 0 Å². The Kier molecular flexibility index (Phi) is 48.2. The third-order valence-corrected chi connectivity index (χ3v) is 2.78. The summed E-state index contributed by atoms with van der Waals surface area (Å²) >= 11 is 8.91. The topological polar surface area (TPSA) is 98.9 Å². The number of rotatable bonds is 1. The molecule has 5 unspecified atom stereocenters. The molecule has 0 bridgehead atoms. The molecule has 24 heavy (non-hydrogen) atoms. The zero-order valence-electron chi connectivity index (χ0n) is 12.2. The van der Waals surface area contributed by atoms with E-state index in [4.69, 9.17) is 33.2 Å². The molecule has 0 saturated carbocycles. The molecule has 1 aliphatic heterocycles. The molecule has 1 saturated heterocycles. The summed E-state index contributed by atoms with van der Waals surface area (Å²) in [5, 5.41) is 37.2. The van der Waals surface area contributed by atoms with Crippen molar-refractivity contribution in [3.05, 3.63) is 34.1 Å². The van der Waals surface area contributed by atoms with Gasteiger partial charge in [-0.25, -0.2) is 0 Å². The first-order chi connectivity index (χ1) is 8.92. The Balaban J connectivity index is -0.0000000609. The Morgan fingerprint density at radius 2 is 1.42 bits per heavy atom. The molecule has 1 heterocycles. The standard InChI is InChI=1S/C6H12O5S.C4H2N2S.4Ac.Au/c7-1-2-3(8)4(9)5(10)6(12)11-2;1-5-4(3-7)6-2;;;;;/h2-10,12H,1H2;3,7H;;;;;/p-2. The third kappa shape index (κ3) is 17.3. The van der Waals surface area contributed by atoms with Gasteiger partial charge < -0.3 is 50.4 Å². The minimum atomic E-state index is -1.35. The summed E-state index contributed by atoms with van der Waals surface area (Å²) < 4.78 is 4.84. The summed E-state index contributed by atoms with van der Waals surface area (Å²) in [6.45, 7) is 12.0. The first-order valence-electron chi connectivity index (χ1n) is 4.96. The van der Waals surface area contributed by atoms with Crippen molar-refractivity contribution in [2.45, 2.75) is 29.9 Å². The average Bonchev–Trinajstić information content (AvgIpc) is 2.43. The van der Waals surface area contributed by atoms with Crippen LogP contribution in [-0.2, 0) is 52.4 Å². The predicted molar refractivity (Wildman–Crippen MR) is 69.8 cm³/mol. The van der Waals surface area contributed by atoms with Crippen molar-refractivity contribution in [2.24, 2.45) is 0 Å². The minimum Gasteiger partial charge on any atom is -0.792 e. The Morgan fingerprint density at radius 3 is 1.67 bits per heavy atom. The van der Waals surface area contributed by atoms with Crippen LogP contribution in [-0.4, -0.2) is 56.9 Å². The minimum absolute atomic E-state index is 0. The fraction of sp³-hybridized carbons (Fsp3) is 0.600. The van der Waals surface area contributed by atoms with Crippen LogP contribution in [0.3, 0.4) is 0 Å². The van der Waals surface area contributed by atoms with Crippen LogP contribution in [0.1, 0.15) is 0 Å². The van der Waals surface area contributed by atoms with E-state index >= 15 is 0 Å². The molecule has 1 fully saturated rings. The summed E-state index contributed by atoms with van der Waals surface area (Å²) in [6.07, 6.45) is -4.83. The first kappa shape index (κ1) is 43.5. The van der Waals surface area contributed by atoms with Crippen molar-refractivity contribution >= 4 is 25.3 Å². The van der Waals surface area contributed by atoms with E-state index in [-0.39, 0.29) is 204 Å². The molecular weight excluding hydrogens is 1400 g/mol. The number of nitrogens with zero attached hydrogens (tertiary/aromatic N) is 2. The van der Waals surface area contributed by atoms with Crippen LogP contribution in [0.5, 0.6) is 0 Å². The molecule has 7 nitrogen and oxygen atoms in total. The number of aliphatic hydroxyl groups is 4. The fourth-order valence-electron chi connectivity index (χ4n) is 1.14. The van der Waals surface area contributed by atoms with Gasteiger partial charge in [0, 0.05) is 199 Å². The monoisotopic (exact) mass is 1410 g/mol. The van der Waals surface area contributed by atoms with Crippen LogP contribution < -0.4 is 0 Å². The SMILES string of the molecule is OCC1OC([S-])C(O)C(O)C1O.[Ac].[Ac].[Ac].[Ac].[Au].[C-]#[N+]C(=C[S-])[N+]#[C-]. The zero-order valence-corrected chi connectivity index (χ0v) is 35.0. The Hall–Kier alpha value is 5.60. The molecule has 0 aromatic carbocycles. The molecule has 1 aliphatic rings. The van der Waals surface area contributed by atoms with Gasteiger partial charge in [0.2, 0.25) is 0 Å². The van der Waals surface area contributed by atoms with Crippen LogP contribution in [0.15, 0.2) is 11.2 Å². The van der Waals surface area contributed by atoms with E-state index in [1.807, 2.05) is 0 Å².